The molecule has 6 heteroatoms. The van der Waals surface area contributed by atoms with Crippen LogP contribution in [-0.4, -0.2) is 51.3 Å². The van der Waals surface area contributed by atoms with E-state index in [-0.39, 0.29) is 5.56 Å². The molecule has 0 bridgehead atoms. The number of nitrogens with zero attached hydrogens (tertiary/aromatic N) is 3. The number of aromatic nitrogens is 2. The first-order valence-corrected chi connectivity index (χ1v) is 7.50. The van der Waals surface area contributed by atoms with Crippen molar-refractivity contribution in [1.29, 1.82) is 0 Å². The monoisotopic (exact) mass is 281 g/mol. The van der Waals surface area contributed by atoms with E-state index >= 15 is 0 Å². The summed E-state index contributed by atoms with van der Waals surface area (Å²) in [6.07, 6.45) is 2.55. The normalized spacial score (nSPS) is 15.9. The molecule has 0 atom stereocenters. The Bertz CT molecular complexity index is 473. The van der Waals surface area contributed by atoms with Gasteiger partial charge in [0, 0.05) is 12.3 Å². The molecule has 1 aromatic rings. The third-order valence-corrected chi connectivity index (χ3v) is 4.18. The Labute approximate surface area is 117 Å². The molecule has 1 aromatic heterocycles. The molecule has 0 saturated carbocycles. The maximum atomic E-state index is 11.3. The van der Waals surface area contributed by atoms with Gasteiger partial charge in [-0.3, -0.25) is 0 Å². The SMILES string of the molecule is Cc1nc(C)c(C(=O)O)c(SCCN2CCCC2)n1. The molecule has 2 rings (SSSR count). The van der Waals surface area contributed by atoms with Crippen LogP contribution in [0, 0.1) is 13.8 Å². The van der Waals surface area contributed by atoms with Crippen molar-refractivity contribution in [3.05, 3.63) is 17.1 Å². The van der Waals surface area contributed by atoms with E-state index in [0.29, 0.717) is 16.5 Å². The summed E-state index contributed by atoms with van der Waals surface area (Å²) in [6.45, 7) is 6.83. The van der Waals surface area contributed by atoms with Gasteiger partial charge in [-0.1, -0.05) is 0 Å². The van der Waals surface area contributed by atoms with Crippen LogP contribution in [0.15, 0.2) is 5.03 Å². The number of likely N-dealkylation sites (tertiary alicyclic amines) is 1. The highest BCUT2D eigenvalue weighted by Gasteiger charge is 2.18. The van der Waals surface area contributed by atoms with Crippen LogP contribution < -0.4 is 0 Å². The molecular weight excluding hydrogens is 262 g/mol. The Morgan fingerprint density at radius 2 is 2.00 bits per heavy atom. The Hall–Kier alpha value is -1.14. The molecule has 0 spiro atoms. The van der Waals surface area contributed by atoms with Crippen LogP contribution in [0.4, 0.5) is 0 Å². The number of carboxylic acids is 1. The quantitative estimate of drug-likeness (QED) is 0.657. The molecule has 0 radical (unpaired) electrons. The molecule has 5 nitrogen and oxygen atoms in total. The lowest BCUT2D eigenvalue weighted by molar-refractivity contribution is 0.0690. The maximum Gasteiger partial charge on any atom is 0.340 e. The highest BCUT2D eigenvalue weighted by molar-refractivity contribution is 7.99. The van der Waals surface area contributed by atoms with Gasteiger partial charge >= 0.3 is 5.97 Å². The fraction of sp³-hybridized carbons (Fsp3) is 0.615. The second kappa shape index (κ2) is 6.34. The van der Waals surface area contributed by atoms with Gasteiger partial charge in [0.05, 0.1) is 5.69 Å². The Kier molecular flexibility index (Phi) is 4.76. The van der Waals surface area contributed by atoms with Gasteiger partial charge < -0.3 is 10.0 Å². The van der Waals surface area contributed by atoms with E-state index in [4.69, 9.17) is 0 Å². The average molecular weight is 281 g/mol. The molecule has 104 valence electrons. The zero-order valence-electron chi connectivity index (χ0n) is 11.3. The van der Waals surface area contributed by atoms with E-state index in [1.165, 1.54) is 24.6 Å². The topological polar surface area (TPSA) is 66.3 Å². The van der Waals surface area contributed by atoms with Gasteiger partial charge in [0.25, 0.3) is 0 Å². The van der Waals surface area contributed by atoms with Crippen molar-refractivity contribution in [2.45, 2.75) is 31.7 Å². The third kappa shape index (κ3) is 3.67. The van der Waals surface area contributed by atoms with Crippen molar-refractivity contribution < 1.29 is 9.90 Å². The van der Waals surface area contributed by atoms with Crippen LogP contribution in [0.1, 0.15) is 34.7 Å². The standard InChI is InChI=1S/C13H19N3O2S/c1-9-11(13(17)18)12(15-10(2)14-9)19-8-7-16-5-3-4-6-16/h3-8H2,1-2H3,(H,17,18). The Morgan fingerprint density at radius 3 is 2.63 bits per heavy atom. The minimum atomic E-state index is -0.943. The van der Waals surface area contributed by atoms with Crippen molar-refractivity contribution in [3.63, 3.8) is 0 Å². The predicted molar refractivity (Wildman–Crippen MR) is 74.9 cm³/mol. The fourth-order valence-electron chi connectivity index (χ4n) is 2.31. The number of thioether (sulfide) groups is 1. The zero-order valence-corrected chi connectivity index (χ0v) is 12.2. The molecule has 1 aliphatic heterocycles. The van der Waals surface area contributed by atoms with Crippen molar-refractivity contribution in [3.8, 4) is 0 Å². The number of rotatable bonds is 5. The van der Waals surface area contributed by atoms with Crippen molar-refractivity contribution in [2.24, 2.45) is 0 Å². The highest BCUT2D eigenvalue weighted by Crippen LogP contribution is 2.23. The van der Waals surface area contributed by atoms with E-state index in [2.05, 4.69) is 14.9 Å². The zero-order chi connectivity index (χ0) is 13.8. The van der Waals surface area contributed by atoms with Crippen LogP contribution in [0.3, 0.4) is 0 Å². The molecule has 1 N–H and O–H groups in total. The molecule has 0 aromatic carbocycles. The average Bonchev–Trinajstić information content (AvgIpc) is 2.80. The van der Waals surface area contributed by atoms with Crippen LogP contribution in [0.2, 0.25) is 0 Å². The van der Waals surface area contributed by atoms with E-state index < -0.39 is 5.97 Å². The van der Waals surface area contributed by atoms with Crippen LogP contribution in [0.25, 0.3) is 0 Å². The molecule has 1 saturated heterocycles. The molecule has 1 fully saturated rings. The minimum absolute atomic E-state index is 0.247. The Balaban J connectivity index is 2.03. The molecular formula is C13H19N3O2S. The summed E-state index contributed by atoms with van der Waals surface area (Å²) in [4.78, 5) is 22.1. The summed E-state index contributed by atoms with van der Waals surface area (Å²) >= 11 is 1.52. The first-order chi connectivity index (χ1) is 9.08. The second-order valence-corrected chi connectivity index (χ2v) is 5.82. The lowest BCUT2D eigenvalue weighted by Crippen LogP contribution is -2.22. The van der Waals surface area contributed by atoms with Gasteiger partial charge in [0.15, 0.2) is 0 Å². The maximum absolute atomic E-state index is 11.3. The van der Waals surface area contributed by atoms with E-state index in [1.54, 1.807) is 13.8 Å². The summed E-state index contributed by atoms with van der Waals surface area (Å²) in [5.41, 5.74) is 0.792. The van der Waals surface area contributed by atoms with Gasteiger partial charge in [-0.2, -0.15) is 0 Å². The second-order valence-electron chi connectivity index (χ2n) is 4.74. The number of carbonyl (C=O) groups is 1. The van der Waals surface area contributed by atoms with E-state index in [1.807, 2.05) is 0 Å². The van der Waals surface area contributed by atoms with Crippen LogP contribution in [0.5, 0.6) is 0 Å². The van der Waals surface area contributed by atoms with Crippen molar-refractivity contribution >= 4 is 17.7 Å². The number of carboxylic acid groups (broad SMARTS) is 1. The number of hydrogen-bond donors (Lipinski definition) is 1. The summed E-state index contributed by atoms with van der Waals surface area (Å²) in [5.74, 6) is 0.559. The van der Waals surface area contributed by atoms with Gasteiger partial charge in [0.2, 0.25) is 0 Å². The first kappa shape index (κ1) is 14.3. The van der Waals surface area contributed by atoms with Gasteiger partial charge in [-0.05, 0) is 39.8 Å². The number of aromatic carboxylic acids is 1. The molecule has 0 amide bonds. The van der Waals surface area contributed by atoms with E-state index in [9.17, 15) is 9.90 Å². The molecule has 1 aliphatic rings. The molecule has 0 aliphatic carbocycles. The van der Waals surface area contributed by atoms with Gasteiger partial charge in [0.1, 0.15) is 16.4 Å². The lowest BCUT2D eigenvalue weighted by atomic mass is 10.2. The third-order valence-electron chi connectivity index (χ3n) is 3.23. The summed E-state index contributed by atoms with van der Waals surface area (Å²) in [6, 6.07) is 0. The van der Waals surface area contributed by atoms with Crippen molar-refractivity contribution in [1.82, 2.24) is 14.9 Å². The summed E-state index contributed by atoms with van der Waals surface area (Å²) < 4.78 is 0. The van der Waals surface area contributed by atoms with Gasteiger partial charge in [-0.15, -0.1) is 11.8 Å². The first-order valence-electron chi connectivity index (χ1n) is 6.51. The summed E-state index contributed by atoms with van der Waals surface area (Å²) in [7, 11) is 0. The van der Waals surface area contributed by atoms with E-state index in [0.717, 1.165) is 25.4 Å². The van der Waals surface area contributed by atoms with Gasteiger partial charge in [-0.25, -0.2) is 14.8 Å². The highest BCUT2D eigenvalue weighted by atomic mass is 32.2. The lowest BCUT2D eigenvalue weighted by Gasteiger charge is -2.14. The number of hydrogen-bond acceptors (Lipinski definition) is 5. The van der Waals surface area contributed by atoms with Crippen molar-refractivity contribution in [2.75, 3.05) is 25.4 Å². The Morgan fingerprint density at radius 1 is 1.32 bits per heavy atom. The summed E-state index contributed by atoms with van der Waals surface area (Å²) in [5, 5.41) is 9.84. The number of aryl methyl sites for hydroxylation is 2. The van der Waals surface area contributed by atoms with Crippen LogP contribution >= 0.6 is 11.8 Å². The fourth-order valence-corrected chi connectivity index (χ4v) is 3.43. The largest absolute Gasteiger partial charge is 0.478 e. The van der Waals surface area contributed by atoms with Crippen LogP contribution in [-0.2, 0) is 0 Å². The smallest absolute Gasteiger partial charge is 0.340 e. The molecule has 0 unspecified atom stereocenters. The predicted octanol–water partition coefficient (Wildman–Crippen LogP) is 1.98. The minimum Gasteiger partial charge on any atom is -0.478 e. The molecule has 19 heavy (non-hydrogen) atoms. The molecule has 2 heterocycles.